The largest absolute Gasteiger partial charge is 0.384 e. The molecule has 3 N–H and O–H groups in total. The lowest BCUT2D eigenvalue weighted by atomic mass is 10.2. The Balaban J connectivity index is 2.45. The van der Waals surface area contributed by atoms with Gasteiger partial charge in [-0.3, -0.25) is 10.1 Å². The topological polar surface area (TPSA) is 98.4 Å². The Morgan fingerprint density at radius 3 is 2.71 bits per heavy atom. The fourth-order valence-corrected chi connectivity index (χ4v) is 2.50. The van der Waals surface area contributed by atoms with E-state index in [1.54, 1.807) is 15.6 Å². The van der Waals surface area contributed by atoms with Gasteiger partial charge in [0.25, 0.3) is 0 Å². The number of hydrogen-bond acceptors (Lipinski definition) is 5. The molecule has 0 bridgehead atoms. The molecule has 2 aromatic rings. The number of aryl methyl sites for hydroxylation is 3. The fourth-order valence-electron chi connectivity index (χ4n) is 1.52. The molecule has 8 heteroatoms. The van der Waals surface area contributed by atoms with E-state index in [9.17, 15) is 0 Å². The summed E-state index contributed by atoms with van der Waals surface area (Å²) in [6, 6.07) is 0. The quantitative estimate of drug-likeness (QED) is 0.603. The van der Waals surface area contributed by atoms with E-state index in [2.05, 4.69) is 15.3 Å². The van der Waals surface area contributed by atoms with Crippen molar-refractivity contribution in [3.8, 4) is 0 Å². The van der Waals surface area contributed by atoms with Gasteiger partial charge in [0.05, 0.1) is 11.3 Å². The predicted molar refractivity (Wildman–Crippen MR) is 64.1 cm³/mol. The number of hydrogen-bond donors (Lipinski definition) is 2. The average Bonchev–Trinajstić information content (AvgIpc) is 2.73. The molecule has 0 unspecified atom stereocenters. The molecule has 2 rings (SSSR count). The molecule has 7 nitrogen and oxygen atoms in total. The maximum absolute atomic E-state index is 7.58. The van der Waals surface area contributed by atoms with E-state index in [4.69, 9.17) is 11.1 Å². The fraction of sp³-hybridized carbons (Fsp3) is 0.333. The molecular weight excluding hydrogens is 238 g/mol. The van der Waals surface area contributed by atoms with Gasteiger partial charge < -0.3 is 10.3 Å². The molecule has 0 aromatic carbocycles. The highest BCUT2D eigenvalue weighted by Gasteiger charge is 2.18. The maximum atomic E-state index is 7.58. The number of rotatable bonds is 3. The van der Waals surface area contributed by atoms with Crippen LogP contribution in [0, 0.1) is 12.3 Å². The van der Waals surface area contributed by atoms with Crippen molar-refractivity contribution in [1.82, 2.24) is 24.5 Å². The number of aromatic nitrogens is 5. The summed E-state index contributed by atoms with van der Waals surface area (Å²) in [4.78, 5) is 0. The van der Waals surface area contributed by atoms with Crippen molar-refractivity contribution in [2.24, 2.45) is 19.8 Å². The van der Waals surface area contributed by atoms with E-state index in [1.807, 2.05) is 21.0 Å². The lowest BCUT2D eigenvalue weighted by Gasteiger charge is -2.04. The normalized spacial score (nSPS) is 10.8. The van der Waals surface area contributed by atoms with Crippen LogP contribution in [0.1, 0.15) is 11.3 Å². The molecular formula is C9H13N7S. The van der Waals surface area contributed by atoms with Gasteiger partial charge in [-0.1, -0.05) is 0 Å². The number of amidine groups is 1. The molecule has 2 aromatic heterocycles. The second kappa shape index (κ2) is 4.21. The molecule has 0 saturated heterocycles. The number of nitrogens with two attached hydrogens (primary N) is 1. The Morgan fingerprint density at radius 2 is 2.18 bits per heavy atom. The Hall–Kier alpha value is -1.83. The number of nitrogen functional groups attached to an aromatic ring is 1. The van der Waals surface area contributed by atoms with Crippen LogP contribution >= 0.6 is 11.8 Å². The highest BCUT2D eigenvalue weighted by molar-refractivity contribution is 7.99. The summed E-state index contributed by atoms with van der Waals surface area (Å²) in [5.41, 5.74) is 6.96. The molecule has 2 heterocycles. The van der Waals surface area contributed by atoms with Gasteiger partial charge >= 0.3 is 0 Å². The van der Waals surface area contributed by atoms with E-state index in [0.29, 0.717) is 5.56 Å². The summed E-state index contributed by atoms with van der Waals surface area (Å²) in [5.74, 6) is 0.0141. The van der Waals surface area contributed by atoms with Gasteiger partial charge in [0.1, 0.15) is 17.2 Å². The van der Waals surface area contributed by atoms with Crippen molar-refractivity contribution in [3.63, 3.8) is 0 Å². The van der Waals surface area contributed by atoms with Crippen LogP contribution in [-0.2, 0) is 14.1 Å². The summed E-state index contributed by atoms with van der Waals surface area (Å²) in [7, 11) is 3.68. The molecule has 0 spiro atoms. The van der Waals surface area contributed by atoms with Crippen LogP contribution in [0.5, 0.6) is 0 Å². The van der Waals surface area contributed by atoms with Gasteiger partial charge in [-0.2, -0.15) is 5.10 Å². The third-order valence-corrected chi connectivity index (χ3v) is 3.51. The molecule has 0 atom stereocenters. The van der Waals surface area contributed by atoms with Crippen molar-refractivity contribution in [3.05, 3.63) is 17.6 Å². The number of nitrogens with zero attached hydrogens (tertiary/aromatic N) is 5. The minimum Gasteiger partial charge on any atom is -0.384 e. The lowest BCUT2D eigenvalue weighted by Crippen LogP contribution is -2.13. The van der Waals surface area contributed by atoms with Crippen molar-refractivity contribution < 1.29 is 0 Å². The molecule has 0 amide bonds. The number of nitrogens with one attached hydrogen (secondary N) is 1. The first-order valence-corrected chi connectivity index (χ1v) is 5.72. The summed E-state index contributed by atoms with van der Waals surface area (Å²) >= 11 is 1.39. The second-order valence-electron chi connectivity index (χ2n) is 3.63. The van der Waals surface area contributed by atoms with E-state index < -0.39 is 0 Å². The van der Waals surface area contributed by atoms with E-state index >= 15 is 0 Å². The zero-order chi connectivity index (χ0) is 12.6. The summed E-state index contributed by atoms with van der Waals surface area (Å²) in [6.07, 6.45) is 1.62. The first kappa shape index (κ1) is 11.6. The van der Waals surface area contributed by atoms with E-state index in [-0.39, 0.29) is 5.84 Å². The molecule has 0 saturated carbocycles. The highest BCUT2D eigenvalue weighted by Crippen LogP contribution is 2.29. The lowest BCUT2D eigenvalue weighted by molar-refractivity contribution is 0.687. The van der Waals surface area contributed by atoms with Crippen LogP contribution in [-0.4, -0.2) is 30.4 Å². The third-order valence-electron chi connectivity index (χ3n) is 2.30. The Morgan fingerprint density at radius 1 is 1.47 bits per heavy atom. The van der Waals surface area contributed by atoms with Gasteiger partial charge in [-0.05, 0) is 18.7 Å². The van der Waals surface area contributed by atoms with E-state index in [1.165, 1.54) is 11.8 Å². The van der Waals surface area contributed by atoms with Crippen molar-refractivity contribution in [1.29, 1.82) is 5.41 Å². The summed E-state index contributed by atoms with van der Waals surface area (Å²) in [6.45, 7) is 1.83. The smallest absolute Gasteiger partial charge is 0.197 e. The first-order chi connectivity index (χ1) is 8.00. The van der Waals surface area contributed by atoms with E-state index in [0.717, 1.165) is 15.9 Å². The minimum atomic E-state index is 0.0141. The van der Waals surface area contributed by atoms with Crippen LogP contribution in [0.3, 0.4) is 0 Å². The Kier molecular flexibility index (Phi) is 2.88. The molecule has 0 aliphatic rings. The third kappa shape index (κ3) is 2.03. The van der Waals surface area contributed by atoms with Gasteiger partial charge in [0.15, 0.2) is 5.16 Å². The Bertz CT molecular complexity index is 568. The van der Waals surface area contributed by atoms with Crippen molar-refractivity contribution >= 4 is 17.6 Å². The standard InChI is InChI=1S/C9H13N7S/c1-5-6(7(10)11)8(16(3)14-5)17-9-13-12-4-15(9)2/h4H,1-3H3,(H3,10,11). The summed E-state index contributed by atoms with van der Waals surface area (Å²) < 4.78 is 3.50. The van der Waals surface area contributed by atoms with Gasteiger partial charge in [-0.15, -0.1) is 10.2 Å². The van der Waals surface area contributed by atoms with Crippen LogP contribution in [0.2, 0.25) is 0 Å². The Labute approximate surface area is 103 Å². The molecule has 0 aliphatic heterocycles. The van der Waals surface area contributed by atoms with Crippen LogP contribution < -0.4 is 5.73 Å². The molecule has 90 valence electrons. The predicted octanol–water partition coefficient (Wildman–Crippen LogP) is 0.292. The SMILES string of the molecule is Cc1nn(C)c(Sc2nncn2C)c1C(=N)N. The van der Waals surface area contributed by atoms with Crippen LogP contribution in [0.25, 0.3) is 0 Å². The van der Waals surface area contributed by atoms with Crippen LogP contribution in [0.4, 0.5) is 0 Å². The molecule has 0 radical (unpaired) electrons. The van der Waals surface area contributed by atoms with Crippen molar-refractivity contribution in [2.75, 3.05) is 0 Å². The monoisotopic (exact) mass is 251 g/mol. The maximum Gasteiger partial charge on any atom is 0.197 e. The van der Waals surface area contributed by atoms with Gasteiger partial charge in [0.2, 0.25) is 0 Å². The highest BCUT2D eigenvalue weighted by atomic mass is 32.2. The van der Waals surface area contributed by atoms with Gasteiger partial charge in [0, 0.05) is 14.1 Å². The molecule has 0 aliphatic carbocycles. The zero-order valence-corrected chi connectivity index (χ0v) is 10.6. The van der Waals surface area contributed by atoms with Crippen molar-refractivity contribution in [2.45, 2.75) is 17.1 Å². The first-order valence-electron chi connectivity index (χ1n) is 4.90. The molecule has 0 fully saturated rings. The second-order valence-corrected chi connectivity index (χ2v) is 4.59. The average molecular weight is 251 g/mol. The summed E-state index contributed by atoms with van der Waals surface area (Å²) in [5, 5.41) is 21.2. The van der Waals surface area contributed by atoms with Gasteiger partial charge in [-0.25, -0.2) is 0 Å². The molecule has 17 heavy (non-hydrogen) atoms. The van der Waals surface area contributed by atoms with Crippen LogP contribution in [0.15, 0.2) is 16.5 Å². The minimum absolute atomic E-state index is 0.0141. The zero-order valence-electron chi connectivity index (χ0n) is 9.80.